The van der Waals surface area contributed by atoms with Gasteiger partial charge in [-0.3, -0.25) is 14.9 Å². The highest BCUT2D eigenvalue weighted by Gasteiger charge is 2.26. The number of pyridine rings is 1. The molecule has 0 bridgehead atoms. The highest BCUT2D eigenvalue weighted by atomic mass is 16.6. The zero-order valence-electron chi connectivity index (χ0n) is 31.1. The van der Waals surface area contributed by atoms with Crippen molar-refractivity contribution < 1.29 is 24.5 Å². The second-order valence-electron chi connectivity index (χ2n) is 14.9. The number of fused-ring (bicyclic) bond motifs is 1. The highest BCUT2D eigenvalue weighted by Crippen LogP contribution is 2.30. The summed E-state index contributed by atoms with van der Waals surface area (Å²) in [6.07, 6.45) is 9.14. The maximum absolute atomic E-state index is 12.8. The van der Waals surface area contributed by atoms with Crippen molar-refractivity contribution in [3.05, 3.63) is 94.8 Å². The number of phenolic OH excluding ortho intramolecular Hbond substituents is 1. The number of ether oxygens (including phenoxy) is 1. The molecule has 2 aliphatic rings. The molecule has 288 valence electrons. The number of likely N-dealkylation sites (tertiary alicyclic amines) is 1. The Bertz CT molecular complexity index is 1870. The summed E-state index contributed by atoms with van der Waals surface area (Å²) >= 11 is 0. The number of nitrogens with one attached hydrogen (secondary N) is 4. The maximum atomic E-state index is 12.8. The molecule has 11 nitrogen and oxygen atoms in total. The summed E-state index contributed by atoms with van der Waals surface area (Å²) in [6, 6.07) is 24.2. The lowest BCUT2D eigenvalue weighted by Crippen LogP contribution is -2.40. The number of phenols is 1. The number of aliphatic hydroxyl groups is 1. The third-order valence-electron chi connectivity index (χ3n) is 11.0. The van der Waals surface area contributed by atoms with Gasteiger partial charge in [0.2, 0.25) is 11.5 Å². The number of amides is 2. The number of aliphatic hydroxyl groups excluding tert-OH is 1. The van der Waals surface area contributed by atoms with E-state index in [4.69, 9.17) is 4.74 Å². The number of carbonyl (C=O) groups excluding carboxylic acids is 2. The van der Waals surface area contributed by atoms with E-state index in [2.05, 4.69) is 25.8 Å². The Morgan fingerprint density at radius 2 is 1.63 bits per heavy atom. The van der Waals surface area contributed by atoms with Crippen molar-refractivity contribution in [2.45, 2.75) is 88.9 Å². The number of benzene rings is 3. The van der Waals surface area contributed by atoms with Crippen molar-refractivity contribution in [2.24, 2.45) is 5.92 Å². The normalized spacial score (nSPS) is 18.6. The van der Waals surface area contributed by atoms with Gasteiger partial charge < -0.3 is 35.5 Å². The molecule has 2 heterocycles. The standard InChI is InChI=1S/C43H55N5O6/c49-38-20-18-35(36-19-21-41(52)47-42(36)38)39(50)29-44-25-8-2-5-13-40(51)45-32-16-14-30(15-17-32)22-26-48-27-23-33(24-28-48)54-43(53)46-37-12-7-6-11-34(37)31-9-3-1-4-10-31/h1,3-4,6-7,9-12,18-21,30,32-33,39,44,49-50H,2,5,8,13-17,22-29H2,(H,45,51)(H,46,53)(H,47,52). The predicted molar refractivity (Wildman–Crippen MR) is 212 cm³/mol. The van der Waals surface area contributed by atoms with Crippen LogP contribution in [0, 0.1) is 5.92 Å². The zero-order chi connectivity index (χ0) is 37.7. The van der Waals surface area contributed by atoms with E-state index in [1.54, 1.807) is 12.1 Å². The van der Waals surface area contributed by atoms with Gasteiger partial charge in [-0.05, 0) is 106 Å². The number of anilines is 1. The first-order valence-corrected chi connectivity index (χ1v) is 19.7. The lowest BCUT2D eigenvalue weighted by molar-refractivity contribution is -0.122. The molecule has 6 rings (SSSR count). The van der Waals surface area contributed by atoms with Gasteiger partial charge in [-0.25, -0.2) is 4.79 Å². The van der Waals surface area contributed by atoms with E-state index in [-0.39, 0.29) is 29.4 Å². The fourth-order valence-corrected chi connectivity index (χ4v) is 7.87. The van der Waals surface area contributed by atoms with E-state index < -0.39 is 12.2 Å². The van der Waals surface area contributed by atoms with Crippen molar-refractivity contribution in [1.82, 2.24) is 20.5 Å². The molecular formula is C43H55N5O6. The first-order chi connectivity index (χ1) is 26.3. The number of carbonyl (C=O) groups is 2. The first kappa shape index (κ1) is 39.0. The van der Waals surface area contributed by atoms with Crippen molar-refractivity contribution in [3.63, 3.8) is 0 Å². The summed E-state index contributed by atoms with van der Waals surface area (Å²) in [4.78, 5) is 42.2. The summed E-state index contributed by atoms with van der Waals surface area (Å²) in [5, 5.41) is 30.9. The molecule has 2 fully saturated rings. The van der Waals surface area contributed by atoms with Gasteiger partial charge in [0.1, 0.15) is 11.9 Å². The Kier molecular flexibility index (Phi) is 14.1. The Labute approximate surface area is 317 Å². The Hall–Kier alpha value is -4.71. The molecular weight excluding hydrogens is 683 g/mol. The number of unbranched alkanes of at least 4 members (excludes halogenated alkanes) is 2. The lowest BCUT2D eigenvalue weighted by atomic mass is 9.84. The zero-order valence-corrected chi connectivity index (χ0v) is 31.1. The molecule has 0 spiro atoms. The topological polar surface area (TPSA) is 156 Å². The van der Waals surface area contributed by atoms with Gasteiger partial charge in [0.25, 0.3) is 0 Å². The van der Waals surface area contributed by atoms with Crippen LogP contribution >= 0.6 is 0 Å². The van der Waals surface area contributed by atoms with Crippen molar-refractivity contribution in [1.29, 1.82) is 0 Å². The van der Waals surface area contributed by atoms with E-state index in [1.165, 1.54) is 18.6 Å². The molecule has 1 unspecified atom stereocenters. The smallest absolute Gasteiger partial charge is 0.411 e. The molecule has 54 heavy (non-hydrogen) atoms. The van der Waals surface area contributed by atoms with Crippen LogP contribution in [-0.4, -0.2) is 77.0 Å². The Balaban J connectivity index is 0.784. The fourth-order valence-electron chi connectivity index (χ4n) is 7.87. The van der Waals surface area contributed by atoms with Crippen molar-refractivity contribution in [2.75, 3.05) is 38.0 Å². The molecule has 1 aliphatic carbocycles. The minimum Gasteiger partial charge on any atom is -0.506 e. The van der Waals surface area contributed by atoms with Crippen LogP contribution < -0.4 is 21.5 Å². The maximum Gasteiger partial charge on any atom is 0.411 e. The molecule has 1 aromatic heterocycles. The summed E-state index contributed by atoms with van der Waals surface area (Å²) in [6.45, 7) is 4.01. The number of rotatable bonds is 16. The van der Waals surface area contributed by atoms with Crippen LogP contribution in [0.3, 0.4) is 0 Å². The number of aromatic hydroxyl groups is 1. The summed E-state index contributed by atoms with van der Waals surface area (Å²) in [5.74, 6) is 0.796. The molecule has 1 saturated heterocycles. The van der Waals surface area contributed by atoms with E-state index in [0.29, 0.717) is 35.3 Å². The van der Waals surface area contributed by atoms with Gasteiger partial charge in [-0.1, -0.05) is 61.0 Å². The van der Waals surface area contributed by atoms with E-state index >= 15 is 0 Å². The molecule has 3 aromatic carbocycles. The summed E-state index contributed by atoms with van der Waals surface area (Å²) in [5.41, 5.74) is 3.43. The fraction of sp³-hybridized carbons (Fsp3) is 0.465. The van der Waals surface area contributed by atoms with E-state index in [0.717, 1.165) is 101 Å². The second-order valence-corrected chi connectivity index (χ2v) is 14.9. The van der Waals surface area contributed by atoms with Crippen molar-refractivity contribution in [3.8, 4) is 16.9 Å². The quantitative estimate of drug-likeness (QED) is 0.0682. The third-order valence-corrected chi connectivity index (χ3v) is 11.0. The molecule has 1 saturated carbocycles. The molecule has 0 radical (unpaired) electrons. The Morgan fingerprint density at radius 1 is 0.870 bits per heavy atom. The van der Waals surface area contributed by atoms with Gasteiger partial charge in [-0.15, -0.1) is 0 Å². The van der Waals surface area contributed by atoms with Crippen LogP contribution in [0.5, 0.6) is 5.75 Å². The lowest BCUT2D eigenvalue weighted by Gasteiger charge is -2.34. The number of aromatic nitrogens is 1. The number of H-pyrrole nitrogens is 1. The minimum absolute atomic E-state index is 0.0267. The molecule has 1 aliphatic heterocycles. The second kappa shape index (κ2) is 19.6. The van der Waals surface area contributed by atoms with Gasteiger partial charge in [0.15, 0.2) is 0 Å². The van der Waals surface area contributed by atoms with E-state index in [1.807, 2.05) is 54.6 Å². The molecule has 4 aromatic rings. The van der Waals surface area contributed by atoms with Crippen LogP contribution in [0.15, 0.2) is 83.7 Å². The number of aromatic amines is 1. The minimum atomic E-state index is -0.783. The van der Waals surface area contributed by atoms with Gasteiger partial charge in [0.05, 0.1) is 17.3 Å². The average molecular weight is 738 g/mol. The van der Waals surface area contributed by atoms with Crippen LogP contribution in [0.4, 0.5) is 10.5 Å². The number of nitrogens with zero attached hydrogens (tertiary/aromatic N) is 1. The Morgan fingerprint density at radius 3 is 2.43 bits per heavy atom. The summed E-state index contributed by atoms with van der Waals surface area (Å²) in [7, 11) is 0. The highest BCUT2D eigenvalue weighted by molar-refractivity contribution is 5.91. The van der Waals surface area contributed by atoms with Gasteiger partial charge >= 0.3 is 6.09 Å². The SMILES string of the molecule is O=C(CCCCCNCC(O)c1ccc(O)c2[nH]c(=O)ccc12)NC1CCC(CCN2CCC(OC(=O)Nc3ccccc3-c3ccccc3)CC2)CC1. The van der Waals surface area contributed by atoms with Crippen LogP contribution in [-0.2, 0) is 9.53 Å². The largest absolute Gasteiger partial charge is 0.506 e. The molecule has 1 atom stereocenters. The van der Waals surface area contributed by atoms with Gasteiger partial charge in [-0.2, -0.15) is 0 Å². The predicted octanol–water partition coefficient (Wildman–Crippen LogP) is 6.86. The van der Waals surface area contributed by atoms with Crippen LogP contribution in [0.1, 0.15) is 82.3 Å². The van der Waals surface area contributed by atoms with Crippen LogP contribution in [0.2, 0.25) is 0 Å². The summed E-state index contributed by atoms with van der Waals surface area (Å²) < 4.78 is 5.82. The number of piperidine rings is 1. The number of hydrogen-bond acceptors (Lipinski definition) is 8. The van der Waals surface area contributed by atoms with E-state index in [9.17, 15) is 24.6 Å². The molecule has 11 heteroatoms. The number of para-hydroxylation sites is 1. The van der Waals surface area contributed by atoms with Crippen LogP contribution in [0.25, 0.3) is 22.0 Å². The third kappa shape index (κ3) is 11.2. The molecule has 2 amide bonds. The monoisotopic (exact) mass is 737 g/mol. The molecule has 6 N–H and O–H groups in total. The number of hydrogen-bond donors (Lipinski definition) is 6. The van der Waals surface area contributed by atoms with Crippen molar-refractivity contribution >= 4 is 28.6 Å². The van der Waals surface area contributed by atoms with Gasteiger partial charge in [0, 0.05) is 49.1 Å². The average Bonchev–Trinajstić information content (AvgIpc) is 3.18. The first-order valence-electron chi connectivity index (χ1n) is 19.7.